The summed E-state index contributed by atoms with van der Waals surface area (Å²) in [7, 11) is 0. The van der Waals surface area contributed by atoms with Gasteiger partial charge in [-0.1, -0.05) is 31.2 Å². The van der Waals surface area contributed by atoms with E-state index >= 15 is 0 Å². The lowest BCUT2D eigenvalue weighted by Crippen LogP contribution is -2.32. The summed E-state index contributed by atoms with van der Waals surface area (Å²) in [4.78, 5) is 23.9. The largest absolute Gasteiger partial charge is 0.466 e. The number of nitrogens with zero attached hydrogens (tertiary/aromatic N) is 2. The first-order valence-corrected chi connectivity index (χ1v) is 8.82. The molecule has 0 aliphatic rings. The number of esters is 1. The molecule has 2 atom stereocenters. The number of hydrogen-bond acceptors (Lipinski definition) is 4. The van der Waals surface area contributed by atoms with Crippen molar-refractivity contribution in [1.29, 1.82) is 0 Å². The zero-order valence-corrected chi connectivity index (χ0v) is 15.9. The molecule has 0 N–H and O–H groups in total. The minimum atomic E-state index is -4.74. The van der Waals surface area contributed by atoms with Gasteiger partial charge in [0, 0.05) is 6.07 Å². The molecule has 0 bridgehead atoms. The predicted octanol–water partition coefficient (Wildman–Crippen LogP) is 4.16. The first kappa shape index (κ1) is 23.4. The maximum atomic E-state index is 13.2. The molecule has 0 aliphatic carbocycles. The van der Waals surface area contributed by atoms with Gasteiger partial charge in [0.25, 0.3) is 5.56 Å². The Morgan fingerprint density at radius 2 is 1.67 bits per heavy atom. The van der Waals surface area contributed by atoms with Gasteiger partial charge in [0.05, 0.1) is 25.0 Å². The normalized spacial score (nSPS) is 14.3. The molecule has 0 saturated carbocycles. The van der Waals surface area contributed by atoms with Gasteiger partial charge >= 0.3 is 18.3 Å². The Morgan fingerprint density at radius 3 is 2.17 bits per heavy atom. The van der Waals surface area contributed by atoms with Crippen molar-refractivity contribution in [2.45, 2.75) is 38.7 Å². The molecule has 164 valence electrons. The van der Waals surface area contributed by atoms with Gasteiger partial charge in [-0.3, -0.25) is 9.59 Å². The van der Waals surface area contributed by atoms with E-state index < -0.39 is 41.4 Å². The van der Waals surface area contributed by atoms with Crippen molar-refractivity contribution < 1.29 is 35.9 Å². The average molecular weight is 436 g/mol. The topological polar surface area (TPSA) is 61.2 Å². The Morgan fingerprint density at radius 1 is 1.07 bits per heavy atom. The number of carbonyl (C=O) groups is 1. The smallest absolute Gasteiger partial charge is 0.435 e. The Kier molecular flexibility index (Phi) is 6.94. The zero-order chi connectivity index (χ0) is 22.7. The predicted molar refractivity (Wildman–Crippen MR) is 93.6 cm³/mol. The molecular formula is C19H18F6N2O3. The van der Waals surface area contributed by atoms with Crippen molar-refractivity contribution in [3.8, 4) is 0 Å². The molecule has 0 radical (unpaired) electrons. The second-order valence-electron chi connectivity index (χ2n) is 6.51. The molecule has 2 aromatic rings. The highest BCUT2D eigenvalue weighted by Gasteiger charge is 2.45. The van der Waals surface area contributed by atoms with Crippen molar-refractivity contribution in [3.63, 3.8) is 0 Å². The third-order valence-corrected chi connectivity index (χ3v) is 4.39. The minimum absolute atomic E-state index is 0.0337. The summed E-state index contributed by atoms with van der Waals surface area (Å²) in [5.74, 6) is -4.66. The van der Waals surface area contributed by atoms with E-state index in [0.717, 1.165) is 13.0 Å². The van der Waals surface area contributed by atoms with Crippen LogP contribution >= 0.6 is 0 Å². The van der Waals surface area contributed by atoms with E-state index in [9.17, 15) is 35.9 Å². The van der Waals surface area contributed by atoms with E-state index in [1.807, 2.05) is 0 Å². The number of halogens is 6. The number of hydrogen-bond donors (Lipinski definition) is 0. The van der Waals surface area contributed by atoms with Gasteiger partial charge in [-0.05, 0) is 24.1 Å². The first-order chi connectivity index (χ1) is 13.8. The van der Waals surface area contributed by atoms with Crippen LogP contribution in [-0.4, -0.2) is 28.5 Å². The highest BCUT2D eigenvalue weighted by atomic mass is 19.4. The molecule has 0 aliphatic heterocycles. The van der Waals surface area contributed by atoms with Crippen LogP contribution in [-0.2, 0) is 22.3 Å². The monoisotopic (exact) mass is 436 g/mol. The molecule has 11 heteroatoms. The van der Waals surface area contributed by atoms with Crippen LogP contribution in [0, 0.1) is 5.92 Å². The first-order valence-electron chi connectivity index (χ1n) is 8.82. The molecule has 5 nitrogen and oxygen atoms in total. The number of aromatic nitrogens is 2. The molecule has 0 spiro atoms. The second-order valence-corrected chi connectivity index (χ2v) is 6.51. The summed E-state index contributed by atoms with van der Waals surface area (Å²) in [5, 5.41) is 3.27. The van der Waals surface area contributed by atoms with Crippen LogP contribution in [0.2, 0.25) is 0 Å². The molecule has 1 heterocycles. The van der Waals surface area contributed by atoms with Crippen LogP contribution in [0.4, 0.5) is 26.3 Å². The molecular weight excluding hydrogens is 418 g/mol. The van der Waals surface area contributed by atoms with Crippen molar-refractivity contribution in [2.75, 3.05) is 6.61 Å². The number of rotatable bonds is 6. The van der Waals surface area contributed by atoms with Crippen molar-refractivity contribution in [2.24, 2.45) is 5.92 Å². The third kappa shape index (κ3) is 5.61. The van der Waals surface area contributed by atoms with Crippen LogP contribution in [0.1, 0.15) is 36.6 Å². The van der Waals surface area contributed by atoms with Crippen LogP contribution in [0.5, 0.6) is 0 Å². The fourth-order valence-electron chi connectivity index (χ4n) is 2.77. The number of benzene rings is 1. The summed E-state index contributed by atoms with van der Waals surface area (Å²) < 4.78 is 83.2. The summed E-state index contributed by atoms with van der Waals surface area (Å²) in [5.41, 5.74) is -1.68. The average Bonchev–Trinajstić information content (AvgIpc) is 2.63. The summed E-state index contributed by atoms with van der Waals surface area (Å²) >= 11 is 0. The van der Waals surface area contributed by atoms with Crippen LogP contribution in [0.15, 0.2) is 41.2 Å². The third-order valence-electron chi connectivity index (χ3n) is 4.39. The summed E-state index contributed by atoms with van der Waals surface area (Å²) in [6, 6.07) is 6.42. The number of alkyl halides is 6. The lowest BCUT2D eigenvalue weighted by Gasteiger charge is -2.25. The van der Waals surface area contributed by atoms with Gasteiger partial charge in [0.15, 0.2) is 5.69 Å². The van der Waals surface area contributed by atoms with Gasteiger partial charge in [0.1, 0.15) is 0 Å². The Balaban J connectivity index is 2.32. The summed E-state index contributed by atoms with van der Waals surface area (Å²) in [6.45, 7) is 1.90. The van der Waals surface area contributed by atoms with Crippen molar-refractivity contribution in [3.05, 3.63) is 63.6 Å². The van der Waals surface area contributed by atoms with E-state index in [2.05, 4.69) is 5.10 Å². The molecule has 0 saturated heterocycles. The van der Waals surface area contributed by atoms with Crippen molar-refractivity contribution >= 4 is 5.97 Å². The second kappa shape index (κ2) is 8.88. The van der Waals surface area contributed by atoms with E-state index in [-0.39, 0.29) is 18.7 Å². The molecule has 0 fully saturated rings. The van der Waals surface area contributed by atoms with E-state index in [1.54, 1.807) is 0 Å². The minimum Gasteiger partial charge on any atom is -0.466 e. The Labute approximate surface area is 167 Å². The van der Waals surface area contributed by atoms with E-state index in [4.69, 9.17) is 4.74 Å². The molecule has 2 unspecified atom stereocenters. The molecule has 2 rings (SSSR count). The van der Waals surface area contributed by atoms with Gasteiger partial charge in [-0.2, -0.15) is 31.4 Å². The maximum absolute atomic E-state index is 13.2. The number of ether oxygens (including phenoxy) is 1. The molecule has 1 aromatic carbocycles. The van der Waals surface area contributed by atoms with Gasteiger partial charge in [-0.15, -0.1) is 0 Å². The lowest BCUT2D eigenvalue weighted by molar-refractivity contribution is -0.185. The Hall–Kier alpha value is -2.85. The van der Waals surface area contributed by atoms with E-state index in [0.29, 0.717) is 16.3 Å². The lowest BCUT2D eigenvalue weighted by atomic mass is 9.86. The van der Waals surface area contributed by atoms with Gasteiger partial charge in [0.2, 0.25) is 0 Å². The molecule has 1 aromatic heterocycles. The fourth-order valence-corrected chi connectivity index (χ4v) is 2.77. The van der Waals surface area contributed by atoms with Crippen molar-refractivity contribution in [1.82, 2.24) is 9.78 Å². The SMILES string of the molecule is CCOC(=O)C(c1ccc(Cn2nc(C(F)(F)F)ccc2=O)cc1)C(C)C(F)(F)F. The highest BCUT2D eigenvalue weighted by molar-refractivity contribution is 5.78. The Bertz CT molecular complexity index is 935. The van der Waals surface area contributed by atoms with Gasteiger partial charge < -0.3 is 4.74 Å². The molecule has 30 heavy (non-hydrogen) atoms. The van der Waals surface area contributed by atoms with E-state index in [1.165, 1.54) is 31.2 Å². The highest BCUT2D eigenvalue weighted by Crippen LogP contribution is 2.38. The van der Waals surface area contributed by atoms with Gasteiger partial charge in [-0.25, -0.2) is 4.68 Å². The zero-order valence-electron chi connectivity index (χ0n) is 15.9. The number of carbonyl (C=O) groups excluding carboxylic acids is 1. The van der Waals surface area contributed by atoms with Crippen LogP contribution < -0.4 is 5.56 Å². The maximum Gasteiger partial charge on any atom is 0.435 e. The van der Waals surface area contributed by atoms with Crippen LogP contribution in [0.3, 0.4) is 0 Å². The summed E-state index contributed by atoms with van der Waals surface area (Å²) in [6.07, 6.45) is -9.38. The standard InChI is InChI=1S/C19H18F6N2O3/c1-3-30-17(29)16(11(2)18(20,21)22)13-6-4-12(5-7-13)10-27-15(28)9-8-14(26-27)19(23,24)25/h4-9,11,16H,3,10H2,1-2H3. The fraction of sp³-hybridized carbons (Fsp3) is 0.421. The van der Waals surface area contributed by atoms with Crippen LogP contribution in [0.25, 0.3) is 0 Å². The molecule has 0 amide bonds. The quantitative estimate of drug-likeness (QED) is 0.504.